The number of nitrogens with zero attached hydrogens (tertiary/aromatic N) is 2. The average molecular weight is 223 g/mol. The predicted octanol–water partition coefficient (Wildman–Crippen LogP) is 0.998. The molecule has 0 aliphatic rings. The van der Waals surface area contributed by atoms with Gasteiger partial charge in [-0.25, -0.2) is 4.98 Å². The molecule has 1 heterocycles. The Morgan fingerprint density at radius 2 is 1.94 bits per heavy atom. The van der Waals surface area contributed by atoms with Crippen LogP contribution in [0.1, 0.15) is 13.8 Å². The fraction of sp³-hybridized carbons (Fsp3) is 0.545. The van der Waals surface area contributed by atoms with Crippen LogP contribution in [-0.4, -0.2) is 36.1 Å². The van der Waals surface area contributed by atoms with E-state index < -0.39 is 0 Å². The van der Waals surface area contributed by atoms with Crippen LogP contribution in [0.15, 0.2) is 12.1 Å². The molecule has 0 aliphatic heterocycles. The molecule has 90 valence electrons. The Morgan fingerprint density at radius 3 is 2.44 bits per heavy atom. The SMILES string of the molecule is CN(C)C(C)(C)CNc1ccc(N)c(N)n1. The van der Waals surface area contributed by atoms with Gasteiger partial charge in [0.2, 0.25) is 0 Å². The maximum absolute atomic E-state index is 5.63. The fourth-order valence-corrected chi connectivity index (χ4v) is 1.05. The number of pyridine rings is 1. The number of nitrogens with one attached hydrogen (secondary N) is 1. The van der Waals surface area contributed by atoms with Crippen LogP contribution >= 0.6 is 0 Å². The Hall–Kier alpha value is -1.49. The van der Waals surface area contributed by atoms with E-state index in [2.05, 4.69) is 29.0 Å². The lowest BCUT2D eigenvalue weighted by atomic mass is 10.0. The largest absolute Gasteiger partial charge is 0.396 e. The molecule has 1 rings (SSSR count). The van der Waals surface area contributed by atoms with Gasteiger partial charge in [-0.15, -0.1) is 0 Å². The average Bonchev–Trinajstić information content (AvgIpc) is 2.20. The molecule has 0 saturated carbocycles. The van der Waals surface area contributed by atoms with Crippen LogP contribution in [0.25, 0.3) is 0 Å². The van der Waals surface area contributed by atoms with E-state index in [4.69, 9.17) is 11.5 Å². The molecule has 0 atom stereocenters. The highest BCUT2D eigenvalue weighted by atomic mass is 15.2. The minimum atomic E-state index is 0.0534. The summed E-state index contributed by atoms with van der Waals surface area (Å²) in [7, 11) is 4.10. The van der Waals surface area contributed by atoms with Crippen molar-refractivity contribution in [2.75, 3.05) is 37.4 Å². The molecule has 0 unspecified atom stereocenters. The summed E-state index contributed by atoms with van der Waals surface area (Å²) in [5.41, 5.74) is 11.8. The van der Waals surface area contributed by atoms with Crippen molar-refractivity contribution in [3.63, 3.8) is 0 Å². The third kappa shape index (κ3) is 3.00. The highest BCUT2D eigenvalue weighted by molar-refractivity contribution is 5.61. The molecule has 1 aromatic heterocycles. The molecule has 0 saturated heterocycles. The number of nitrogen functional groups attached to an aromatic ring is 2. The minimum Gasteiger partial charge on any atom is -0.396 e. The van der Waals surface area contributed by atoms with Gasteiger partial charge in [0.05, 0.1) is 5.69 Å². The maximum atomic E-state index is 5.63. The molecule has 16 heavy (non-hydrogen) atoms. The molecular formula is C11H21N5. The lowest BCUT2D eigenvalue weighted by Gasteiger charge is -2.32. The third-order valence-electron chi connectivity index (χ3n) is 2.87. The molecule has 0 spiro atoms. The molecule has 0 amide bonds. The maximum Gasteiger partial charge on any atom is 0.149 e. The van der Waals surface area contributed by atoms with E-state index >= 15 is 0 Å². The van der Waals surface area contributed by atoms with Gasteiger partial charge in [0.25, 0.3) is 0 Å². The van der Waals surface area contributed by atoms with Gasteiger partial charge in [-0.05, 0) is 40.1 Å². The zero-order valence-corrected chi connectivity index (χ0v) is 10.4. The number of hydrogen-bond donors (Lipinski definition) is 3. The Labute approximate surface area is 96.8 Å². The van der Waals surface area contributed by atoms with Gasteiger partial charge >= 0.3 is 0 Å². The molecule has 1 aromatic rings. The first-order valence-corrected chi connectivity index (χ1v) is 5.26. The standard InChI is InChI=1S/C11H21N5/c1-11(2,16(3)4)7-14-9-6-5-8(12)10(13)15-9/h5-6H,7,12H2,1-4H3,(H3,13,14,15). The number of aromatic nitrogens is 1. The second kappa shape index (κ2) is 4.57. The number of nitrogens with two attached hydrogens (primary N) is 2. The van der Waals surface area contributed by atoms with Crippen molar-refractivity contribution in [1.82, 2.24) is 9.88 Å². The van der Waals surface area contributed by atoms with E-state index in [0.29, 0.717) is 11.5 Å². The summed E-state index contributed by atoms with van der Waals surface area (Å²) in [5, 5.41) is 3.25. The number of rotatable bonds is 4. The van der Waals surface area contributed by atoms with Gasteiger partial charge in [-0.3, -0.25) is 0 Å². The monoisotopic (exact) mass is 223 g/mol. The van der Waals surface area contributed by atoms with Crippen LogP contribution in [0.4, 0.5) is 17.3 Å². The van der Waals surface area contributed by atoms with Crippen molar-refractivity contribution in [2.45, 2.75) is 19.4 Å². The summed E-state index contributed by atoms with van der Waals surface area (Å²) in [6, 6.07) is 3.59. The van der Waals surface area contributed by atoms with Crippen LogP contribution < -0.4 is 16.8 Å². The van der Waals surface area contributed by atoms with Gasteiger partial charge in [0, 0.05) is 12.1 Å². The quantitative estimate of drug-likeness (QED) is 0.709. The lowest BCUT2D eigenvalue weighted by molar-refractivity contribution is 0.210. The summed E-state index contributed by atoms with van der Waals surface area (Å²) < 4.78 is 0. The van der Waals surface area contributed by atoms with Crippen LogP contribution in [0.2, 0.25) is 0 Å². The molecule has 0 radical (unpaired) electrons. The van der Waals surface area contributed by atoms with Crippen LogP contribution in [0, 0.1) is 0 Å². The van der Waals surface area contributed by atoms with E-state index in [0.717, 1.165) is 12.4 Å². The van der Waals surface area contributed by atoms with E-state index in [9.17, 15) is 0 Å². The Balaban J connectivity index is 2.65. The van der Waals surface area contributed by atoms with Crippen LogP contribution in [-0.2, 0) is 0 Å². The molecule has 5 nitrogen and oxygen atoms in total. The molecule has 0 aromatic carbocycles. The molecule has 5 N–H and O–H groups in total. The highest BCUT2D eigenvalue weighted by Crippen LogP contribution is 2.16. The first-order valence-electron chi connectivity index (χ1n) is 5.26. The summed E-state index contributed by atoms with van der Waals surface area (Å²) in [6.07, 6.45) is 0. The Bertz CT molecular complexity index is 359. The van der Waals surface area contributed by atoms with Crippen LogP contribution in [0.3, 0.4) is 0 Å². The fourth-order valence-electron chi connectivity index (χ4n) is 1.05. The Kier molecular flexibility index (Phi) is 3.59. The second-order valence-corrected chi connectivity index (χ2v) is 4.73. The number of likely N-dealkylation sites (N-methyl/N-ethyl adjacent to an activating group) is 1. The van der Waals surface area contributed by atoms with E-state index in [1.807, 2.05) is 20.2 Å². The van der Waals surface area contributed by atoms with Crippen molar-refractivity contribution >= 4 is 17.3 Å². The van der Waals surface area contributed by atoms with E-state index in [1.165, 1.54) is 0 Å². The van der Waals surface area contributed by atoms with Gasteiger partial charge in [0.15, 0.2) is 0 Å². The second-order valence-electron chi connectivity index (χ2n) is 4.73. The van der Waals surface area contributed by atoms with Crippen molar-refractivity contribution in [3.8, 4) is 0 Å². The van der Waals surface area contributed by atoms with E-state index in [1.54, 1.807) is 6.07 Å². The number of anilines is 3. The normalized spacial score (nSPS) is 11.8. The first kappa shape index (κ1) is 12.6. The zero-order valence-electron chi connectivity index (χ0n) is 10.4. The molecule has 0 bridgehead atoms. The molecular weight excluding hydrogens is 202 g/mol. The van der Waals surface area contributed by atoms with Crippen molar-refractivity contribution < 1.29 is 0 Å². The van der Waals surface area contributed by atoms with E-state index in [-0.39, 0.29) is 5.54 Å². The summed E-state index contributed by atoms with van der Waals surface area (Å²) in [5.74, 6) is 1.12. The third-order valence-corrected chi connectivity index (χ3v) is 2.87. The summed E-state index contributed by atoms with van der Waals surface area (Å²) >= 11 is 0. The smallest absolute Gasteiger partial charge is 0.149 e. The van der Waals surface area contributed by atoms with Crippen molar-refractivity contribution in [1.29, 1.82) is 0 Å². The predicted molar refractivity (Wildman–Crippen MR) is 69.3 cm³/mol. The minimum absolute atomic E-state index is 0.0534. The summed E-state index contributed by atoms with van der Waals surface area (Å²) in [4.78, 5) is 6.31. The van der Waals surface area contributed by atoms with Gasteiger partial charge in [-0.2, -0.15) is 0 Å². The van der Waals surface area contributed by atoms with Gasteiger partial charge in [-0.1, -0.05) is 0 Å². The lowest BCUT2D eigenvalue weighted by Crippen LogP contribution is -2.44. The molecule has 5 heteroatoms. The van der Waals surface area contributed by atoms with Crippen LogP contribution in [0.5, 0.6) is 0 Å². The highest BCUT2D eigenvalue weighted by Gasteiger charge is 2.19. The van der Waals surface area contributed by atoms with Gasteiger partial charge < -0.3 is 21.7 Å². The molecule has 0 aliphatic carbocycles. The van der Waals surface area contributed by atoms with Gasteiger partial charge in [0.1, 0.15) is 11.6 Å². The topological polar surface area (TPSA) is 80.2 Å². The zero-order chi connectivity index (χ0) is 12.3. The molecule has 0 fully saturated rings. The Morgan fingerprint density at radius 1 is 1.31 bits per heavy atom. The first-order chi connectivity index (χ1) is 7.33. The van der Waals surface area contributed by atoms with Crippen molar-refractivity contribution in [2.24, 2.45) is 0 Å². The van der Waals surface area contributed by atoms with Crippen molar-refractivity contribution in [3.05, 3.63) is 12.1 Å². The summed E-state index contributed by atoms with van der Waals surface area (Å²) in [6.45, 7) is 5.09. The number of hydrogen-bond acceptors (Lipinski definition) is 5.